The summed E-state index contributed by atoms with van der Waals surface area (Å²) in [5.74, 6) is 0.790. The second kappa shape index (κ2) is 10.7. The van der Waals surface area contributed by atoms with E-state index in [0.717, 1.165) is 49.0 Å². The molecular weight excluding hydrogens is 392 g/mol. The first-order chi connectivity index (χ1) is 14.6. The van der Waals surface area contributed by atoms with Crippen LogP contribution < -0.4 is 10.2 Å². The zero-order valence-electron chi connectivity index (χ0n) is 18.2. The number of amides is 2. The van der Waals surface area contributed by atoms with Crippen LogP contribution in [-0.4, -0.2) is 17.6 Å². The number of hydrogen-bond donors (Lipinski definition) is 1. The van der Waals surface area contributed by atoms with Crippen LogP contribution in [0.3, 0.4) is 0 Å². The summed E-state index contributed by atoms with van der Waals surface area (Å²) in [6.07, 6.45) is 4.86. The molecule has 2 amide bonds. The summed E-state index contributed by atoms with van der Waals surface area (Å²) in [6, 6.07) is 16.1. The van der Waals surface area contributed by atoms with Crippen LogP contribution in [-0.2, 0) is 16.0 Å². The van der Waals surface area contributed by atoms with E-state index in [4.69, 9.17) is 0 Å². The van der Waals surface area contributed by atoms with Crippen LogP contribution in [0.4, 0.5) is 11.4 Å². The minimum atomic E-state index is -0.0390. The molecule has 0 bridgehead atoms. The average Bonchev–Trinajstić information content (AvgIpc) is 3.16. The Morgan fingerprint density at radius 1 is 1.13 bits per heavy atom. The smallest absolute Gasteiger partial charge is 0.238 e. The number of carbonyl (C=O) groups excluding carboxylic acids is 2. The predicted molar refractivity (Wildman–Crippen MR) is 127 cm³/mol. The summed E-state index contributed by atoms with van der Waals surface area (Å²) in [6.45, 7) is 6.33. The summed E-state index contributed by atoms with van der Waals surface area (Å²) in [4.78, 5) is 27.2. The monoisotopic (exact) mass is 424 g/mol. The number of aryl methyl sites for hydroxylation is 1. The maximum atomic E-state index is 12.7. The lowest BCUT2D eigenvalue weighted by Crippen LogP contribution is -2.28. The lowest BCUT2D eigenvalue weighted by Gasteiger charge is -2.26. The average molecular weight is 425 g/mol. The Labute approximate surface area is 184 Å². The van der Waals surface area contributed by atoms with Crippen LogP contribution >= 0.6 is 11.8 Å². The third-order valence-electron chi connectivity index (χ3n) is 5.73. The number of nitrogens with one attached hydrogen (secondary N) is 1. The standard InChI is InChI=1S/C25H32N2O2S/c1-4-7-10-19(6-3)24(29)26-21-15-13-20(14-16-21)25-27(23(28)17-30-25)22-12-9-8-11-18(22)5-2/h8-9,11-16,19,25H,4-7,10,17H2,1-3H3,(H,26,29)/t19-,25+/m1/s1. The molecule has 1 heterocycles. The van der Waals surface area contributed by atoms with Crippen molar-refractivity contribution in [2.45, 2.75) is 58.2 Å². The van der Waals surface area contributed by atoms with Crippen molar-refractivity contribution in [3.63, 3.8) is 0 Å². The first-order valence-corrected chi connectivity index (χ1v) is 12.1. The Hall–Kier alpha value is -2.27. The SMILES string of the molecule is CCCC[C@@H](CC)C(=O)Nc1ccc([C@@H]2SCC(=O)N2c2ccccc2CC)cc1. The Balaban J connectivity index is 1.75. The lowest BCUT2D eigenvalue weighted by atomic mass is 9.98. The Kier molecular flexibility index (Phi) is 7.97. The predicted octanol–water partition coefficient (Wildman–Crippen LogP) is 6.18. The van der Waals surface area contributed by atoms with Crippen molar-refractivity contribution in [1.29, 1.82) is 0 Å². The van der Waals surface area contributed by atoms with Crippen LogP contribution in [0, 0.1) is 5.92 Å². The molecule has 0 aromatic heterocycles. The maximum Gasteiger partial charge on any atom is 0.238 e. The molecule has 3 rings (SSSR count). The van der Waals surface area contributed by atoms with Crippen molar-refractivity contribution in [1.82, 2.24) is 0 Å². The molecule has 2 aromatic rings. The third kappa shape index (κ3) is 5.07. The topological polar surface area (TPSA) is 49.4 Å². The van der Waals surface area contributed by atoms with E-state index in [0.29, 0.717) is 5.75 Å². The minimum absolute atomic E-state index is 0.0390. The molecule has 0 unspecified atom stereocenters. The van der Waals surface area contributed by atoms with Gasteiger partial charge in [-0.2, -0.15) is 0 Å². The molecule has 1 aliphatic rings. The number of thioether (sulfide) groups is 1. The van der Waals surface area contributed by atoms with Gasteiger partial charge in [0.25, 0.3) is 0 Å². The highest BCUT2D eigenvalue weighted by Crippen LogP contribution is 2.43. The number of carbonyl (C=O) groups is 2. The molecule has 0 radical (unpaired) electrons. The molecule has 30 heavy (non-hydrogen) atoms. The van der Waals surface area contributed by atoms with E-state index in [9.17, 15) is 9.59 Å². The van der Waals surface area contributed by atoms with Crippen LogP contribution in [0.15, 0.2) is 48.5 Å². The highest BCUT2D eigenvalue weighted by atomic mass is 32.2. The number of para-hydroxylation sites is 1. The van der Waals surface area contributed by atoms with Gasteiger partial charge in [-0.25, -0.2) is 0 Å². The van der Waals surface area contributed by atoms with Crippen LogP contribution in [0.25, 0.3) is 0 Å². The van der Waals surface area contributed by atoms with Crippen molar-refractivity contribution < 1.29 is 9.59 Å². The molecule has 1 aliphatic heterocycles. The molecule has 2 atom stereocenters. The number of benzene rings is 2. The van der Waals surface area contributed by atoms with E-state index < -0.39 is 0 Å². The van der Waals surface area contributed by atoms with Crippen molar-refractivity contribution in [3.8, 4) is 0 Å². The van der Waals surface area contributed by atoms with Gasteiger partial charge < -0.3 is 5.32 Å². The van der Waals surface area contributed by atoms with E-state index in [-0.39, 0.29) is 23.1 Å². The second-order valence-electron chi connectivity index (χ2n) is 7.77. The second-order valence-corrected chi connectivity index (χ2v) is 8.84. The van der Waals surface area contributed by atoms with Gasteiger partial charge >= 0.3 is 0 Å². The van der Waals surface area contributed by atoms with E-state index in [1.54, 1.807) is 11.8 Å². The fourth-order valence-electron chi connectivity index (χ4n) is 3.92. The van der Waals surface area contributed by atoms with Crippen molar-refractivity contribution >= 4 is 35.0 Å². The van der Waals surface area contributed by atoms with E-state index in [2.05, 4.69) is 32.2 Å². The lowest BCUT2D eigenvalue weighted by molar-refractivity contribution is -0.120. The van der Waals surface area contributed by atoms with Gasteiger partial charge in [0, 0.05) is 17.3 Å². The molecule has 0 saturated carbocycles. The first-order valence-electron chi connectivity index (χ1n) is 11.0. The van der Waals surface area contributed by atoms with Gasteiger partial charge in [0.15, 0.2) is 0 Å². The van der Waals surface area contributed by atoms with Gasteiger partial charge in [0.05, 0.1) is 5.75 Å². The highest BCUT2D eigenvalue weighted by molar-refractivity contribution is 8.00. The van der Waals surface area contributed by atoms with Gasteiger partial charge in [-0.1, -0.05) is 63.9 Å². The molecule has 2 aromatic carbocycles. The molecule has 0 aliphatic carbocycles. The van der Waals surface area contributed by atoms with E-state index in [1.807, 2.05) is 47.4 Å². The van der Waals surface area contributed by atoms with Crippen molar-refractivity contribution in [2.75, 3.05) is 16.0 Å². The molecule has 1 saturated heterocycles. The zero-order chi connectivity index (χ0) is 21.5. The fourth-order valence-corrected chi connectivity index (χ4v) is 5.09. The molecule has 1 fully saturated rings. The van der Waals surface area contributed by atoms with Crippen LogP contribution in [0.5, 0.6) is 0 Å². The quantitative estimate of drug-likeness (QED) is 0.523. The van der Waals surface area contributed by atoms with Gasteiger partial charge in [0.2, 0.25) is 11.8 Å². The number of hydrogen-bond acceptors (Lipinski definition) is 3. The summed E-state index contributed by atoms with van der Waals surface area (Å²) in [7, 11) is 0. The normalized spacial score (nSPS) is 17.2. The maximum absolute atomic E-state index is 12.7. The Bertz CT molecular complexity index is 866. The summed E-state index contributed by atoms with van der Waals surface area (Å²) in [5.41, 5.74) is 4.07. The molecule has 5 heteroatoms. The van der Waals surface area contributed by atoms with E-state index in [1.165, 1.54) is 5.56 Å². The summed E-state index contributed by atoms with van der Waals surface area (Å²) in [5, 5.41) is 3.02. The summed E-state index contributed by atoms with van der Waals surface area (Å²) >= 11 is 1.65. The number of unbranched alkanes of at least 4 members (excludes halogenated alkanes) is 1. The van der Waals surface area contributed by atoms with Crippen molar-refractivity contribution in [2.24, 2.45) is 5.92 Å². The molecule has 1 N–H and O–H groups in total. The summed E-state index contributed by atoms with van der Waals surface area (Å²) < 4.78 is 0. The zero-order valence-corrected chi connectivity index (χ0v) is 19.0. The van der Waals surface area contributed by atoms with Gasteiger partial charge in [-0.15, -0.1) is 11.8 Å². The highest BCUT2D eigenvalue weighted by Gasteiger charge is 2.34. The number of rotatable bonds is 9. The van der Waals surface area contributed by atoms with Gasteiger partial charge in [-0.05, 0) is 48.6 Å². The molecule has 0 spiro atoms. The number of nitrogens with zero attached hydrogens (tertiary/aromatic N) is 1. The third-order valence-corrected chi connectivity index (χ3v) is 6.95. The van der Waals surface area contributed by atoms with Gasteiger partial charge in [0.1, 0.15) is 5.37 Å². The van der Waals surface area contributed by atoms with Crippen molar-refractivity contribution in [3.05, 3.63) is 59.7 Å². The minimum Gasteiger partial charge on any atom is -0.326 e. The molecule has 160 valence electrons. The van der Waals surface area contributed by atoms with E-state index >= 15 is 0 Å². The first kappa shape index (κ1) is 22.4. The Morgan fingerprint density at radius 3 is 2.53 bits per heavy atom. The molecular formula is C25H32N2O2S. The largest absolute Gasteiger partial charge is 0.326 e. The molecule has 4 nitrogen and oxygen atoms in total. The fraction of sp³-hybridized carbons (Fsp3) is 0.440. The Morgan fingerprint density at radius 2 is 1.87 bits per heavy atom. The van der Waals surface area contributed by atoms with Gasteiger partial charge in [-0.3, -0.25) is 14.5 Å². The van der Waals surface area contributed by atoms with Crippen LogP contribution in [0.1, 0.15) is 63.0 Å². The van der Waals surface area contributed by atoms with Crippen LogP contribution in [0.2, 0.25) is 0 Å². The number of anilines is 2.